The summed E-state index contributed by atoms with van der Waals surface area (Å²) in [7, 11) is 0. The summed E-state index contributed by atoms with van der Waals surface area (Å²) >= 11 is 8.62. The monoisotopic (exact) mass is 362 g/mol. The maximum atomic E-state index is 13.9. The van der Waals surface area contributed by atoms with Crippen molar-refractivity contribution in [3.63, 3.8) is 0 Å². The second-order valence-electron chi connectivity index (χ2n) is 3.47. The molecule has 0 fully saturated rings. The molecular formula is C12H9Br2FS. The predicted octanol–water partition coefficient (Wildman–Crippen LogP) is 5.44. The van der Waals surface area contributed by atoms with Crippen LogP contribution in [0.15, 0.2) is 34.1 Å². The van der Waals surface area contributed by atoms with E-state index in [0.29, 0.717) is 11.1 Å². The quantitative estimate of drug-likeness (QED) is 0.623. The van der Waals surface area contributed by atoms with Crippen LogP contribution < -0.4 is 0 Å². The Balaban J connectivity index is 2.46. The average molecular weight is 364 g/mol. The molecule has 2 aromatic rings. The Labute approximate surface area is 115 Å². The lowest BCUT2D eigenvalue weighted by atomic mass is 10.1. The predicted molar refractivity (Wildman–Crippen MR) is 73.9 cm³/mol. The maximum Gasteiger partial charge on any atom is 0.130 e. The van der Waals surface area contributed by atoms with Gasteiger partial charge in [-0.15, -0.1) is 11.3 Å². The van der Waals surface area contributed by atoms with Crippen molar-refractivity contribution in [3.8, 4) is 0 Å². The molecule has 2 rings (SSSR count). The van der Waals surface area contributed by atoms with Gasteiger partial charge < -0.3 is 0 Å². The van der Waals surface area contributed by atoms with Gasteiger partial charge in [0.05, 0.1) is 4.83 Å². The molecule has 0 radical (unpaired) electrons. The van der Waals surface area contributed by atoms with E-state index in [4.69, 9.17) is 0 Å². The number of hydrogen-bond acceptors (Lipinski definition) is 1. The van der Waals surface area contributed by atoms with Crippen molar-refractivity contribution in [3.05, 3.63) is 55.9 Å². The number of thiophene rings is 1. The minimum atomic E-state index is -0.135. The Morgan fingerprint density at radius 1 is 1.31 bits per heavy atom. The van der Waals surface area contributed by atoms with Crippen LogP contribution in [0.1, 0.15) is 20.8 Å². The van der Waals surface area contributed by atoms with E-state index in [9.17, 15) is 4.39 Å². The van der Waals surface area contributed by atoms with E-state index < -0.39 is 0 Å². The summed E-state index contributed by atoms with van der Waals surface area (Å²) < 4.78 is 14.9. The Bertz CT molecular complexity index is 507. The van der Waals surface area contributed by atoms with Crippen LogP contribution in [0, 0.1) is 12.7 Å². The molecule has 0 saturated heterocycles. The summed E-state index contributed by atoms with van der Waals surface area (Å²) in [4.78, 5) is 0.992. The summed E-state index contributed by atoms with van der Waals surface area (Å²) in [5, 5.41) is 1.99. The van der Waals surface area contributed by atoms with Crippen molar-refractivity contribution in [2.75, 3.05) is 0 Å². The Hall–Kier alpha value is -0.190. The molecule has 0 aliphatic heterocycles. The summed E-state index contributed by atoms with van der Waals surface area (Å²) in [5.74, 6) is -0.135. The molecule has 0 nitrogen and oxygen atoms in total. The van der Waals surface area contributed by atoms with E-state index in [0.717, 1.165) is 9.35 Å². The lowest BCUT2D eigenvalue weighted by Crippen LogP contribution is -1.97. The van der Waals surface area contributed by atoms with E-state index in [-0.39, 0.29) is 10.6 Å². The van der Waals surface area contributed by atoms with Crippen LogP contribution in [0.3, 0.4) is 0 Å². The summed E-state index contributed by atoms with van der Waals surface area (Å²) in [5.41, 5.74) is 1.36. The first-order chi connectivity index (χ1) is 7.61. The second-order valence-corrected chi connectivity index (χ2v) is 6.19. The Kier molecular flexibility index (Phi) is 3.82. The molecule has 1 heterocycles. The van der Waals surface area contributed by atoms with Crippen LogP contribution in [-0.2, 0) is 0 Å². The zero-order valence-corrected chi connectivity index (χ0v) is 12.5. The third kappa shape index (κ3) is 2.24. The van der Waals surface area contributed by atoms with Crippen molar-refractivity contribution < 1.29 is 4.39 Å². The highest BCUT2D eigenvalue weighted by atomic mass is 79.9. The minimum Gasteiger partial charge on any atom is -0.206 e. The fourth-order valence-electron chi connectivity index (χ4n) is 1.49. The molecule has 0 aliphatic rings. The van der Waals surface area contributed by atoms with E-state index >= 15 is 0 Å². The van der Waals surface area contributed by atoms with Crippen LogP contribution in [0.5, 0.6) is 0 Å². The Morgan fingerprint density at radius 3 is 2.69 bits per heavy atom. The largest absolute Gasteiger partial charge is 0.206 e. The number of rotatable bonds is 2. The first kappa shape index (κ1) is 12.3. The highest BCUT2D eigenvalue weighted by molar-refractivity contribution is 9.11. The van der Waals surface area contributed by atoms with Gasteiger partial charge in [0.1, 0.15) is 5.82 Å². The van der Waals surface area contributed by atoms with Crippen LogP contribution >= 0.6 is 43.2 Å². The molecule has 4 heteroatoms. The third-order valence-corrected chi connectivity index (χ3v) is 5.56. The molecule has 1 atom stereocenters. The average Bonchev–Trinajstić information content (AvgIpc) is 2.68. The lowest BCUT2D eigenvalue weighted by Gasteiger charge is -2.11. The van der Waals surface area contributed by atoms with Crippen molar-refractivity contribution in [2.45, 2.75) is 11.8 Å². The molecule has 1 aromatic heterocycles. The van der Waals surface area contributed by atoms with Gasteiger partial charge in [-0.05, 0) is 39.9 Å². The summed E-state index contributed by atoms with van der Waals surface area (Å²) in [6.45, 7) is 1.78. The van der Waals surface area contributed by atoms with E-state index in [1.54, 1.807) is 24.3 Å². The van der Waals surface area contributed by atoms with Gasteiger partial charge in [0, 0.05) is 14.9 Å². The number of aryl methyl sites for hydroxylation is 1. The summed E-state index contributed by atoms with van der Waals surface area (Å²) in [6, 6.07) is 7.45. The van der Waals surface area contributed by atoms with Gasteiger partial charge in [-0.1, -0.05) is 34.1 Å². The van der Waals surface area contributed by atoms with E-state index in [1.165, 1.54) is 0 Å². The van der Waals surface area contributed by atoms with E-state index in [2.05, 4.69) is 31.9 Å². The van der Waals surface area contributed by atoms with Gasteiger partial charge in [0.15, 0.2) is 0 Å². The van der Waals surface area contributed by atoms with Gasteiger partial charge in [-0.3, -0.25) is 0 Å². The molecule has 16 heavy (non-hydrogen) atoms. The van der Waals surface area contributed by atoms with Crippen LogP contribution in [-0.4, -0.2) is 0 Å². The first-order valence-electron chi connectivity index (χ1n) is 4.73. The molecule has 0 amide bonds. The molecule has 0 saturated carbocycles. The van der Waals surface area contributed by atoms with Crippen molar-refractivity contribution >= 4 is 43.2 Å². The fraction of sp³-hybridized carbons (Fsp3) is 0.167. The molecule has 0 spiro atoms. The summed E-state index contributed by atoms with van der Waals surface area (Å²) in [6.07, 6.45) is 0. The van der Waals surface area contributed by atoms with Gasteiger partial charge >= 0.3 is 0 Å². The standard InChI is InChI=1S/C12H9Br2FS/c1-7-3-2-4-8(11(7)15)10(14)12-9(13)5-6-16-12/h2-6,10H,1H3. The maximum absolute atomic E-state index is 13.9. The molecule has 0 bridgehead atoms. The van der Waals surface area contributed by atoms with Gasteiger partial charge in [0.25, 0.3) is 0 Å². The highest BCUT2D eigenvalue weighted by Crippen LogP contribution is 2.40. The lowest BCUT2D eigenvalue weighted by molar-refractivity contribution is 0.605. The number of alkyl halides is 1. The van der Waals surface area contributed by atoms with Crippen molar-refractivity contribution in [1.29, 1.82) is 0 Å². The smallest absolute Gasteiger partial charge is 0.130 e. The fourth-order valence-corrected chi connectivity index (χ4v) is 4.32. The molecule has 84 valence electrons. The third-order valence-electron chi connectivity index (χ3n) is 2.37. The normalized spacial score (nSPS) is 12.8. The number of hydrogen-bond donors (Lipinski definition) is 0. The second kappa shape index (κ2) is 4.98. The highest BCUT2D eigenvalue weighted by Gasteiger charge is 2.19. The molecule has 1 unspecified atom stereocenters. The zero-order valence-electron chi connectivity index (χ0n) is 8.51. The van der Waals surface area contributed by atoms with Crippen LogP contribution in [0.25, 0.3) is 0 Å². The van der Waals surface area contributed by atoms with Gasteiger partial charge in [-0.25, -0.2) is 4.39 Å². The Morgan fingerprint density at radius 2 is 2.06 bits per heavy atom. The van der Waals surface area contributed by atoms with Crippen molar-refractivity contribution in [2.24, 2.45) is 0 Å². The molecule has 0 aliphatic carbocycles. The molecule has 1 aromatic carbocycles. The van der Waals surface area contributed by atoms with E-state index in [1.807, 2.05) is 23.6 Å². The molecular weight excluding hydrogens is 355 g/mol. The van der Waals surface area contributed by atoms with Gasteiger partial charge in [0.2, 0.25) is 0 Å². The number of benzene rings is 1. The van der Waals surface area contributed by atoms with Gasteiger partial charge in [-0.2, -0.15) is 0 Å². The topological polar surface area (TPSA) is 0 Å². The van der Waals surface area contributed by atoms with Crippen LogP contribution in [0.2, 0.25) is 0 Å². The zero-order chi connectivity index (χ0) is 11.7. The first-order valence-corrected chi connectivity index (χ1v) is 7.32. The van der Waals surface area contributed by atoms with Crippen molar-refractivity contribution in [1.82, 2.24) is 0 Å². The SMILES string of the molecule is Cc1cccc(C(Br)c2sccc2Br)c1F. The van der Waals surface area contributed by atoms with Crippen LogP contribution in [0.4, 0.5) is 4.39 Å². The minimum absolute atomic E-state index is 0.0956. The number of halogens is 3. The molecule has 0 N–H and O–H groups in total.